The number of carbonyl (C=O) groups excluding carboxylic acids is 1. The number of fused-ring (bicyclic) bond motifs is 2. The van der Waals surface area contributed by atoms with Gasteiger partial charge in [0.2, 0.25) is 0 Å². The number of benzene rings is 2. The Hall–Kier alpha value is -3.67. The molecule has 214 valence electrons. The summed E-state index contributed by atoms with van der Waals surface area (Å²) in [6, 6.07) is 7.90. The van der Waals surface area contributed by atoms with Crippen molar-refractivity contribution in [3.8, 4) is 17.2 Å². The Morgan fingerprint density at radius 1 is 0.850 bits per heavy atom. The topological polar surface area (TPSA) is 84.2 Å². The van der Waals surface area contributed by atoms with Crippen LogP contribution in [0, 0.1) is 0 Å². The molecule has 6 nitrogen and oxygen atoms in total. The first-order valence-electron chi connectivity index (χ1n) is 14.6. The molecule has 1 heterocycles. The van der Waals surface area contributed by atoms with Crippen LogP contribution in [0.3, 0.4) is 0 Å². The minimum Gasteiger partial charge on any atom is -0.508 e. The quantitative estimate of drug-likeness (QED) is 0.275. The molecule has 6 heteroatoms. The SMILES string of the molecule is CC(C)=CCC/C(C)=C/CC/C(C)=C/CN1C(=O)c2cccc(O)c2N(C2CCCCC2)c2c(O)cc(O)cc21. The van der Waals surface area contributed by atoms with Gasteiger partial charge in [0, 0.05) is 24.7 Å². The lowest BCUT2D eigenvalue weighted by Crippen LogP contribution is -2.33. The van der Waals surface area contributed by atoms with Gasteiger partial charge in [-0.3, -0.25) is 4.79 Å². The number of phenolic OH excluding ortho intramolecular Hbond substituents is 3. The van der Waals surface area contributed by atoms with Gasteiger partial charge in [0.1, 0.15) is 22.9 Å². The van der Waals surface area contributed by atoms with Crippen molar-refractivity contribution in [3.63, 3.8) is 0 Å². The van der Waals surface area contributed by atoms with Crippen molar-refractivity contribution in [2.24, 2.45) is 0 Å². The van der Waals surface area contributed by atoms with Crippen LogP contribution in [-0.4, -0.2) is 33.8 Å². The number of allylic oxidation sites excluding steroid dienone is 5. The highest BCUT2D eigenvalue weighted by Crippen LogP contribution is 2.52. The summed E-state index contributed by atoms with van der Waals surface area (Å²) in [5.41, 5.74) is 5.61. The van der Waals surface area contributed by atoms with Gasteiger partial charge >= 0.3 is 0 Å². The molecule has 0 bridgehead atoms. The predicted molar refractivity (Wildman–Crippen MR) is 164 cm³/mol. The van der Waals surface area contributed by atoms with Crippen molar-refractivity contribution in [3.05, 3.63) is 70.8 Å². The number of rotatable bonds is 9. The first kappa shape index (κ1) is 29.3. The molecule has 0 spiro atoms. The number of hydrogen-bond acceptors (Lipinski definition) is 5. The molecule has 0 radical (unpaired) electrons. The monoisotopic (exact) mass is 544 g/mol. The van der Waals surface area contributed by atoms with Crippen molar-refractivity contribution in [2.75, 3.05) is 16.3 Å². The van der Waals surface area contributed by atoms with Crippen LogP contribution in [0.25, 0.3) is 0 Å². The third kappa shape index (κ3) is 6.72. The molecule has 4 rings (SSSR count). The first-order chi connectivity index (χ1) is 19.2. The van der Waals surface area contributed by atoms with Crippen LogP contribution in [0.5, 0.6) is 17.2 Å². The fourth-order valence-electron chi connectivity index (χ4n) is 5.84. The second-order valence-corrected chi connectivity index (χ2v) is 11.5. The number of para-hydroxylation sites is 1. The molecule has 0 unspecified atom stereocenters. The average molecular weight is 545 g/mol. The number of nitrogens with zero attached hydrogens (tertiary/aromatic N) is 2. The molecule has 0 aromatic heterocycles. The molecule has 0 saturated heterocycles. The molecule has 1 aliphatic carbocycles. The van der Waals surface area contributed by atoms with Gasteiger partial charge in [-0.1, -0.05) is 60.3 Å². The molecule has 0 atom stereocenters. The number of anilines is 3. The molecule has 40 heavy (non-hydrogen) atoms. The van der Waals surface area contributed by atoms with Gasteiger partial charge in [0.25, 0.3) is 5.91 Å². The maximum Gasteiger partial charge on any atom is 0.260 e. The number of phenols is 3. The van der Waals surface area contributed by atoms with Crippen molar-refractivity contribution in [1.29, 1.82) is 0 Å². The average Bonchev–Trinajstić information content (AvgIpc) is 3.01. The number of amides is 1. The predicted octanol–water partition coefficient (Wildman–Crippen LogP) is 8.65. The van der Waals surface area contributed by atoms with Crippen molar-refractivity contribution in [1.82, 2.24) is 0 Å². The summed E-state index contributed by atoms with van der Waals surface area (Å²) in [7, 11) is 0. The molecule has 1 amide bonds. The highest BCUT2D eigenvalue weighted by atomic mass is 16.3. The second-order valence-electron chi connectivity index (χ2n) is 11.5. The van der Waals surface area contributed by atoms with Crippen molar-refractivity contribution < 1.29 is 20.1 Å². The zero-order valence-corrected chi connectivity index (χ0v) is 24.4. The van der Waals surface area contributed by atoms with E-state index >= 15 is 0 Å². The Labute approximate surface area is 239 Å². The van der Waals surface area contributed by atoms with E-state index in [-0.39, 0.29) is 35.7 Å². The maximum absolute atomic E-state index is 14.0. The summed E-state index contributed by atoms with van der Waals surface area (Å²) in [6.45, 7) is 8.78. The molecule has 1 saturated carbocycles. The highest BCUT2D eigenvalue weighted by molar-refractivity contribution is 6.15. The van der Waals surface area contributed by atoms with Crippen molar-refractivity contribution in [2.45, 2.75) is 91.5 Å². The van der Waals surface area contributed by atoms with Gasteiger partial charge in [-0.05, 0) is 78.4 Å². The second kappa shape index (κ2) is 13.1. The van der Waals surface area contributed by atoms with E-state index in [0.717, 1.165) is 63.4 Å². The van der Waals surface area contributed by atoms with Crippen LogP contribution in [0.1, 0.15) is 95.8 Å². The van der Waals surface area contributed by atoms with Gasteiger partial charge in [-0.2, -0.15) is 0 Å². The maximum atomic E-state index is 14.0. The van der Waals surface area contributed by atoms with E-state index in [0.29, 0.717) is 22.6 Å². The van der Waals surface area contributed by atoms with Gasteiger partial charge < -0.3 is 25.1 Å². The zero-order valence-electron chi connectivity index (χ0n) is 24.4. The van der Waals surface area contributed by atoms with E-state index < -0.39 is 0 Å². The lowest BCUT2D eigenvalue weighted by molar-refractivity contribution is 0.0990. The lowest BCUT2D eigenvalue weighted by atomic mass is 9.92. The van der Waals surface area contributed by atoms with Crippen LogP contribution in [0.15, 0.2) is 65.3 Å². The van der Waals surface area contributed by atoms with E-state index in [1.807, 2.05) is 11.0 Å². The van der Waals surface area contributed by atoms with Gasteiger partial charge in [-0.15, -0.1) is 0 Å². The summed E-state index contributed by atoms with van der Waals surface area (Å²) in [5, 5.41) is 32.7. The highest BCUT2D eigenvalue weighted by Gasteiger charge is 2.38. The molecular formula is C34H44N2O4. The van der Waals surface area contributed by atoms with E-state index in [2.05, 4.69) is 39.8 Å². The Morgan fingerprint density at radius 2 is 1.52 bits per heavy atom. The molecule has 3 N–H and O–H groups in total. The largest absolute Gasteiger partial charge is 0.508 e. The first-order valence-corrected chi connectivity index (χ1v) is 14.6. The van der Waals surface area contributed by atoms with Crippen molar-refractivity contribution >= 4 is 23.0 Å². The zero-order chi connectivity index (χ0) is 28.8. The van der Waals surface area contributed by atoms with Crippen LogP contribution in [0.4, 0.5) is 17.1 Å². The molecule has 2 aromatic rings. The van der Waals surface area contributed by atoms with Gasteiger partial charge in [0.15, 0.2) is 0 Å². The summed E-state index contributed by atoms with van der Waals surface area (Å²) in [4.78, 5) is 17.6. The van der Waals surface area contributed by atoms with E-state index in [9.17, 15) is 20.1 Å². The van der Waals surface area contributed by atoms with Gasteiger partial charge in [-0.25, -0.2) is 0 Å². The standard InChI is InChI=1S/C34H44N2O4/c1-23(2)11-8-12-24(3)13-9-14-25(4)19-20-35-29-21-27(37)22-31(39)33(29)36(26-15-6-5-7-16-26)32-28(34(35)40)17-10-18-30(32)38/h10-11,13,17-19,21-22,26,37-39H,5-9,12,14-16,20H2,1-4H3/b24-13+,25-19+. The Morgan fingerprint density at radius 3 is 2.23 bits per heavy atom. The van der Waals surface area contributed by atoms with Crippen LogP contribution >= 0.6 is 0 Å². The minimum atomic E-state index is -0.269. The third-order valence-corrected chi connectivity index (χ3v) is 8.00. The van der Waals surface area contributed by atoms with Crippen LogP contribution in [-0.2, 0) is 0 Å². The molecule has 2 aromatic carbocycles. The number of carbonyl (C=O) groups is 1. The van der Waals surface area contributed by atoms with E-state index in [4.69, 9.17) is 0 Å². The summed E-state index contributed by atoms with van der Waals surface area (Å²) >= 11 is 0. The summed E-state index contributed by atoms with van der Waals surface area (Å²) in [5.74, 6) is -0.476. The Bertz CT molecular complexity index is 1310. The van der Waals surface area contributed by atoms with E-state index in [1.165, 1.54) is 17.2 Å². The summed E-state index contributed by atoms with van der Waals surface area (Å²) in [6.07, 6.45) is 15.5. The van der Waals surface area contributed by atoms with Crippen LogP contribution < -0.4 is 9.80 Å². The van der Waals surface area contributed by atoms with E-state index in [1.54, 1.807) is 29.2 Å². The smallest absolute Gasteiger partial charge is 0.260 e. The van der Waals surface area contributed by atoms with Gasteiger partial charge in [0.05, 0.1) is 16.9 Å². The fraction of sp³-hybridized carbons (Fsp3) is 0.441. The van der Waals surface area contributed by atoms with Crippen LogP contribution in [0.2, 0.25) is 0 Å². The minimum absolute atomic E-state index is 0.00941. The molecular weight excluding hydrogens is 500 g/mol. The summed E-state index contributed by atoms with van der Waals surface area (Å²) < 4.78 is 0. The Kier molecular flexibility index (Phi) is 9.62. The molecule has 1 aliphatic heterocycles. The fourth-order valence-corrected chi connectivity index (χ4v) is 5.84. The normalized spacial score (nSPS) is 16.4. The Balaban J connectivity index is 1.66. The number of hydrogen-bond donors (Lipinski definition) is 3. The lowest BCUT2D eigenvalue weighted by Gasteiger charge is -2.37. The molecule has 2 aliphatic rings. The molecule has 1 fully saturated rings. The number of aromatic hydroxyl groups is 3. The third-order valence-electron chi connectivity index (χ3n) is 8.00.